The van der Waals surface area contributed by atoms with Crippen molar-refractivity contribution in [3.8, 4) is 6.07 Å². The quantitative estimate of drug-likeness (QED) is 0.678. The summed E-state index contributed by atoms with van der Waals surface area (Å²) in [5, 5.41) is 13.9. The molecule has 0 bridgehead atoms. The van der Waals surface area contributed by atoms with Crippen LogP contribution in [0.3, 0.4) is 0 Å². The molecule has 1 aliphatic carbocycles. The molecular formula is C24H29FN4O2. The highest BCUT2D eigenvalue weighted by Crippen LogP contribution is 2.24. The number of rotatable bonds is 7. The first kappa shape index (κ1) is 22.7. The lowest BCUT2D eigenvalue weighted by atomic mass is 9.93. The molecule has 0 atom stereocenters. The fraction of sp³-hybridized carbons (Fsp3) is 0.500. The third-order valence-electron chi connectivity index (χ3n) is 6.03. The van der Waals surface area contributed by atoms with Crippen molar-refractivity contribution in [1.29, 1.82) is 5.26 Å². The summed E-state index contributed by atoms with van der Waals surface area (Å²) in [6, 6.07) is 8.23. The van der Waals surface area contributed by atoms with Crippen molar-refractivity contribution in [2.24, 2.45) is 0 Å². The van der Waals surface area contributed by atoms with Crippen molar-refractivity contribution in [3.05, 3.63) is 62.8 Å². The second kappa shape index (κ2) is 10.3. The number of nitrogens with zero attached hydrogens (tertiary/aromatic N) is 4. The predicted molar refractivity (Wildman–Crippen MR) is 116 cm³/mol. The molecule has 0 unspecified atom stereocenters. The van der Waals surface area contributed by atoms with Gasteiger partial charge < -0.3 is 4.90 Å². The van der Waals surface area contributed by atoms with Crippen LogP contribution in [0.1, 0.15) is 68.3 Å². The van der Waals surface area contributed by atoms with Crippen molar-refractivity contribution in [3.63, 3.8) is 0 Å². The Balaban J connectivity index is 1.92. The normalized spacial score (nSPS) is 14.3. The summed E-state index contributed by atoms with van der Waals surface area (Å²) < 4.78 is 14.5. The second-order valence-corrected chi connectivity index (χ2v) is 8.02. The molecule has 1 aliphatic rings. The van der Waals surface area contributed by atoms with E-state index in [9.17, 15) is 19.2 Å². The molecule has 2 aromatic rings. The molecule has 1 aromatic carbocycles. The summed E-state index contributed by atoms with van der Waals surface area (Å²) in [6.07, 6.45) is 6.21. The monoisotopic (exact) mass is 424 g/mol. The van der Waals surface area contributed by atoms with Crippen LogP contribution in [0.5, 0.6) is 0 Å². The minimum Gasteiger partial charge on any atom is -0.334 e. The number of nitriles is 1. The zero-order valence-electron chi connectivity index (χ0n) is 18.2. The lowest BCUT2D eigenvalue weighted by molar-refractivity contribution is -0.136. The Hall–Kier alpha value is -3.01. The number of carbonyl (C=O) groups excluding carboxylic acids is 1. The molecule has 0 radical (unpaired) electrons. The van der Waals surface area contributed by atoms with Gasteiger partial charge >= 0.3 is 0 Å². The van der Waals surface area contributed by atoms with E-state index in [1.54, 1.807) is 17.0 Å². The average molecular weight is 425 g/mol. The van der Waals surface area contributed by atoms with Crippen molar-refractivity contribution < 1.29 is 9.18 Å². The average Bonchev–Trinajstić information content (AvgIpc) is 2.79. The molecule has 0 aliphatic heterocycles. The predicted octanol–water partition coefficient (Wildman–Crippen LogP) is 3.74. The minimum absolute atomic E-state index is 0.0740. The lowest BCUT2D eigenvalue weighted by Crippen LogP contribution is -2.44. The maximum absolute atomic E-state index is 13.4. The van der Waals surface area contributed by atoms with E-state index in [1.807, 2.05) is 19.9 Å². The number of halogens is 1. The Morgan fingerprint density at radius 3 is 2.45 bits per heavy atom. The number of aryl methyl sites for hydroxylation is 1. The van der Waals surface area contributed by atoms with Gasteiger partial charge in [0.25, 0.3) is 5.56 Å². The molecule has 1 fully saturated rings. The molecule has 7 heteroatoms. The number of aromatic nitrogens is 2. The van der Waals surface area contributed by atoms with Crippen molar-refractivity contribution >= 4 is 5.91 Å². The van der Waals surface area contributed by atoms with E-state index in [-0.39, 0.29) is 29.9 Å². The zero-order valence-corrected chi connectivity index (χ0v) is 18.2. The van der Waals surface area contributed by atoms with E-state index in [0.717, 1.165) is 42.3 Å². The van der Waals surface area contributed by atoms with Crippen LogP contribution in [-0.2, 0) is 30.7 Å². The number of hydrogen-bond donors (Lipinski definition) is 0. The van der Waals surface area contributed by atoms with Gasteiger partial charge in [0.05, 0.1) is 5.69 Å². The molecule has 164 valence electrons. The van der Waals surface area contributed by atoms with Crippen LogP contribution in [0.2, 0.25) is 0 Å². The number of amides is 1. The van der Waals surface area contributed by atoms with Gasteiger partial charge in [-0.15, -0.1) is 0 Å². The lowest BCUT2D eigenvalue weighted by Gasteiger charge is -2.34. The molecular weight excluding hydrogens is 395 g/mol. The largest absolute Gasteiger partial charge is 0.334 e. The van der Waals surface area contributed by atoms with Crippen LogP contribution in [-0.4, -0.2) is 26.6 Å². The Morgan fingerprint density at radius 1 is 1.19 bits per heavy atom. The van der Waals surface area contributed by atoms with Gasteiger partial charge in [0.1, 0.15) is 24.0 Å². The van der Waals surface area contributed by atoms with Crippen LogP contribution < -0.4 is 5.56 Å². The van der Waals surface area contributed by atoms with E-state index in [4.69, 9.17) is 0 Å². The van der Waals surface area contributed by atoms with E-state index >= 15 is 0 Å². The van der Waals surface area contributed by atoms with Crippen LogP contribution in [0, 0.1) is 17.1 Å². The number of benzene rings is 1. The van der Waals surface area contributed by atoms with Crippen molar-refractivity contribution in [1.82, 2.24) is 14.7 Å². The van der Waals surface area contributed by atoms with Crippen LogP contribution in [0.25, 0.3) is 0 Å². The summed E-state index contributed by atoms with van der Waals surface area (Å²) in [6.45, 7) is 3.96. The summed E-state index contributed by atoms with van der Waals surface area (Å²) in [5.74, 6) is -0.525. The van der Waals surface area contributed by atoms with E-state index < -0.39 is 5.56 Å². The summed E-state index contributed by atoms with van der Waals surface area (Å²) >= 11 is 0. The van der Waals surface area contributed by atoms with Crippen LogP contribution in [0.4, 0.5) is 4.39 Å². The van der Waals surface area contributed by atoms with Crippen molar-refractivity contribution in [2.45, 2.75) is 77.9 Å². The second-order valence-electron chi connectivity index (χ2n) is 8.02. The first-order chi connectivity index (χ1) is 15.0. The SMILES string of the molecule is CCc1nn(CC(=O)N(Cc2ccc(F)cc2)C2CCCCC2)c(=O)c(C#N)c1CC. The summed E-state index contributed by atoms with van der Waals surface area (Å²) in [7, 11) is 0. The van der Waals surface area contributed by atoms with Gasteiger partial charge in [-0.2, -0.15) is 10.4 Å². The fourth-order valence-corrected chi connectivity index (χ4v) is 4.36. The maximum atomic E-state index is 13.4. The smallest absolute Gasteiger partial charge is 0.285 e. The van der Waals surface area contributed by atoms with Gasteiger partial charge in [0.15, 0.2) is 0 Å². The first-order valence-corrected chi connectivity index (χ1v) is 11.0. The Bertz CT molecular complexity index is 1020. The maximum Gasteiger partial charge on any atom is 0.285 e. The van der Waals surface area contributed by atoms with Gasteiger partial charge in [-0.05, 0) is 48.9 Å². The Morgan fingerprint density at radius 2 is 1.87 bits per heavy atom. The highest BCUT2D eigenvalue weighted by Gasteiger charge is 2.27. The molecule has 31 heavy (non-hydrogen) atoms. The Labute approximate surface area is 182 Å². The molecule has 0 spiro atoms. The zero-order chi connectivity index (χ0) is 22.4. The van der Waals surface area contributed by atoms with E-state index in [1.165, 1.54) is 12.1 Å². The molecule has 3 rings (SSSR count). The minimum atomic E-state index is -0.518. The molecule has 6 nitrogen and oxygen atoms in total. The topological polar surface area (TPSA) is 79.0 Å². The van der Waals surface area contributed by atoms with E-state index in [2.05, 4.69) is 5.10 Å². The van der Waals surface area contributed by atoms with Gasteiger partial charge in [-0.3, -0.25) is 9.59 Å². The highest BCUT2D eigenvalue weighted by molar-refractivity contribution is 5.76. The standard InChI is InChI=1S/C24H29FN4O2/c1-3-20-21(14-26)24(31)29(27-22(20)4-2)16-23(30)28(19-8-6-5-7-9-19)15-17-10-12-18(25)13-11-17/h10-13,19H,3-9,15-16H2,1-2H3. The Kier molecular flexibility index (Phi) is 7.56. The summed E-state index contributed by atoms with van der Waals surface area (Å²) in [5.41, 5.74) is 1.73. The molecule has 1 heterocycles. The highest BCUT2D eigenvalue weighted by atomic mass is 19.1. The van der Waals surface area contributed by atoms with Gasteiger partial charge in [-0.1, -0.05) is 45.2 Å². The van der Waals surface area contributed by atoms with Gasteiger partial charge in [-0.25, -0.2) is 9.07 Å². The molecule has 1 saturated carbocycles. The molecule has 0 N–H and O–H groups in total. The first-order valence-electron chi connectivity index (χ1n) is 11.0. The summed E-state index contributed by atoms with van der Waals surface area (Å²) in [4.78, 5) is 28.0. The third kappa shape index (κ3) is 5.19. The van der Waals surface area contributed by atoms with Crippen LogP contribution >= 0.6 is 0 Å². The number of carbonyl (C=O) groups is 1. The molecule has 1 aromatic heterocycles. The van der Waals surface area contributed by atoms with Crippen molar-refractivity contribution in [2.75, 3.05) is 0 Å². The van der Waals surface area contributed by atoms with E-state index in [0.29, 0.717) is 30.6 Å². The van der Waals surface area contributed by atoms with Gasteiger partial charge in [0, 0.05) is 12.6 Å². The number of hydrogen-bond acceptors (Lipinski definition) is 4. The molecule has 0 saturated heterocycles. The van der Waals surface area contributed by atoms with Crippen LogP contribution in [0.15, 0.2) is 29.1 Å². The van der Waals surface area contributed by atoms with Gasteiger partial charge in [0.2, 0.25) is 5.91 Å². The fourth-order valence-electron chi connectivity index (χ4n) is 4.36. The third-order valence-corrected chi connectivity index (χ3v) is 6.03. The molecule has 1 amide bonds.